The van der Waals surface area contributed by atoms with Crippen LogP contribution in [0.5, 0.6) is 0 Å². The minimum absolute atomic E-state index is 0.161. The fraction of sp³-hybridized carbons (Fsp3) is 0.857. The highest BCUT2D eigenvalue weighted by Crippen LogP contribution is 2.36. The van der Waals surface area contributed by atoms with Crippen LogP contribution in [0.2, 0.25) is 0 Å². The number of ether oxygens (including phenoxy) is 2. The molecule has 0 spiro atoms. The van der Waals surface area contributed by atoms with Gasteiger partial charge < -0.3 is 9.47 Å². The van der Waals surface area contributed by atoms with E-state index in [1.165, 1.54) is 22.6 Å². The first-order valence-corrected chi connectivity index (χ1v) is 14.5. The molecule has 0 aromatic carbocycles. The predicted octanol–water partition coefficient (Wildman–Crippen LogP) is 3.75. The van der Waals surface area contributed by atoms with E-state index in [1.807, 2.05) is 0 Å². The van der Waals surface area contributed by atoms with Gasteiger partial charge in [0.2, 0.25) is 23.6 Å². The quantitative estimate of drug-likeness (QED) is 0.470. The molecular weight excluding hydrogens is 460 g/mol. The van der Waals surface area contributed by atoms with E-state index in [-0.39, 0.29) is 61.9 Å². The van der Waals surface area contributed by atoms with Crippen LogP contribution in [-0.4, -0.2) is 70.9 Å². The van der Waals surface area contributed by atoms with E-state index in [4.69, 9.17) is 9.47 Å². The third-order valence-electron chi connectivity index (χ3n) is 9.08. The number of carbonyl (C=O) groups is 4. The second-order valence-corrected chi connectivity index (χ2v) is 11.6. The van der Waals surface area contributed by atoms with Crippen LogP contribution in [0.4, 0.5) is 0 Å². The molecule has 0 N–H and O–H groups in total. The fourth-order valence-electron chi connectivity index (χ4n) is 7.05. The lowest BCUT2D eigenvalue weighted by Crippen LogP contribution is -2.57. The highest BCUT2D eigenvalue weighted by atomic mass is 16.5. The average Bonchev–Trinajstić information content (AvgIpc) is 3.35. The molecule has 5 rings (SSSR count). The lowest BCUT2D eigenvalue weighted by molar-refractivity contribution is -0.153. The van der Waals surface area contributed by atoms with Crippen molar-refractivity contribution < 1.29 is 28.7 Å². The van der Waals surface area contributed by atoms with Gasteiger partial charge in [-0.3, -0.25) is 29.0 Å². The molecule has 2 aliphatic heterocycles. The van der Waals surface area contributed by atoms with E-state index < -0.39 is 23.9 Å². The van der Waals surface area contributed by atoms with Crippen molar-refractivity contribution in [1.82, 2.24) is 9.80 Å². The summed E-state index contributed by atoms with van der Waals surface area (Å²) in [6.07, 6.45) is 14.9. The zero-order valence-corrected chi connectivity index (χ0v) is 21.5. The summed E-state index contributed by atoms with van der Waals surface area (Å²) in [6.45, 7) is 0.566. The van der Waals surface area contributed by atoms with Gasteiger partial charge in [-0.05, 0) is 38.5 Å². The summed E-state index contributed by atoms with van der Waals surface area (Å²) in [6, 6.07) is -0.853. The average molecular weight is 503 g/mol. The number of carbonyl (C=O) groups excluding carboxylic acids is 4. The van der Waals surface area contributed by atoms with Crippen LogP contribution in [0.1, 0.15) is 103 Å². The van der Waals surface area contributed by atoms with E-state index in [2.05, 4.69) is 0 Å². The Hall–Kier alpha value is -1.80. The lowest BCUT2D eigenvalue weighted by Gasteiger charge is -2.41. The van der Waals surface area contributed by atoms with Crippen LogP contribution in [0, 0.1) is 11.8 Å². The zero-order chi connectivity index (χ0) is 25.1. The van der Waals surface area contributed by atoms with Gasteiger partial charge in [-0.2, -0.15) is 0 Å². The zero-order valence-electron chi connectivity index (χ0n) is 21.5. The van der Waals surface area contributed by atoms with Crippen LogP contribution in [0.15, 0.2) is 0 Å². The first-order valence-electron chi connectivity index (χ1n) is 14.5. The van der Waals surface area contributed by atoms with Gasteiger partial charge in [0.05, 0.1) is 49.3 Å². The molecule has 200 valence electrons. The molecule has 3 saturated carbocycles. The van der Waals surface area contributed by atoms with Gasteiger partial charge in [-0.15, -0.1) is 0 Å². The molecule has 0 aromatic heterocycles. The Morgan fingerprint density at radius 2 is 0.889 bits per heavy atom. The lowest BCUT2D eigenvalue weighted by atomic mass is 9.88. The number of amides is 4. The van der Waals surface area contributed by atoms with E-state index >= 15 is 0 Å². The van der Waals surface area contributed by atoms with Gasteiger partial charge in [-0.25, -0.2) is 0 Å². The van der Waals surface area contributed by atoms with Gasteiger partial charge >= 0.3 is 0 Å². The number of nitrogens with zero attached hydrogens (tertiary/aromatic N) is 2. The molecule has 3 aliphatic carbocycles. The first-order chi connectivity index (χ1) is 17.5. The summed E-state index contributed by atoms with van der Waals surface area (Å²) in [5, 5.41) is 0. The Balaban J connectivity index is 1.22. The van der Waals surface area contributed by atoms with Gasteiger partial charge in [0, 0.05) is 12.8 Å². The molecule has 8 heteroatoms. The van der Waals surface area contributed by atoms with Crippen LogP contribution in [0.25, 0.3) is 0 Å². The monoisotopic (exact) mass is 502 g/mol. The molecule has 0 radical (unpaired) electrons. The minimum atomic E-state index is -0.455. The normalized spacial score (nSPS) is 33.2. The van der Waals surface area contributed by atoms with Crippen molar-refractivity contribution in [1.29, 1.82) is 0 Å². The summed E-state index contributed by atoms with van der Waals surface area (Å²) in [5.41, 5.74) is 0. The third kappa shape index (κ3) is 5.54. The van der Waals surface area contributed by atoms with Gasteiger partial charge in [0.1, 0.15) is 0 Å². The molecule has 4 unspecified atom stereocenters. The van der Waals surface area contributed by atoms with Crippen molar-refractivity contribution in [3.63, 3.8) is 0 Å². The maximum atomic E-state index is 13.4. The molecular formula is C28H42N2O6. The number of hydrogen-bond donors (Lipinski definition) is 0. The SMILES string of the molecule is O=C1CC(COC2CCCCC2)C(=O)N1C1CCCCC1N1C(=O)CC(COC2CCCCC2)C1=O. The van der Waals surface area contributed by atoms with Crippen molar-refractivity contribution in [3.8, 4) is 0 Å². The number of hydrogen-bond acceptors (Lipinski definition) is 6. The molecule has 0 bridgehead atoms. The highest BCUT2D eigenvalue weighted by molar-refractivity contribution is 6.05. The highest BCUT2D eigenvalue weighted by Gasteiger charge is 2.51. The number of imide groups is 2. The molecule has 4 amide bonds. The molecule has 36 heavy (non-hydrogen) atoms. The van der Waals surface area contributed by atoms with Gasteiger partial charge in [0.15, 0.2) is 0 Å². The Kier molecular flexibility index (Phi) is 8.41. The molecule has 4 atom stereocenters. The smallest absolute Gasteiger partial charge is 0.235 e. The summed E-state index contributed by atoms with van der Waals surface area (Å²) in [7, 11) is 0. The Morgan fingerprint density at radius 3 is 1.28 bits per heavy atom. The molecule has 5 aliphatic rings. The minimum Gasteiger partial charge on any atom is -0.377 e. The molecule has 8 nitrogen and oxygen atoms in total. The Bertz CT molecular complexity index is 766. The van der Waals surface area contributed by atoms with Crippen LogP contribution in [-0.2, 0) is 28.7 Å². The summed E-state index contributed by atoms with van der Waals surface area (Å²) >= 11 is 0. The van der Waals surface area contributed by atoms with Crippen molar-refractivity contribution in [2.45, 2.75) is 127 Å². The molecule has 2 saturated heterocycles. The summed E-state index contributed by atoms with van der Waals surface area (Å²) in [4.78, 5) is 55.6. The van der Waals surface area contributed by atoms with Crippen molar-refractivity contribution in [2.75, 3.05) is 13.2 Å². The maximum absolute atomic E-state index is 13.4. The maximum Gasteiger partial charge on any atom is 0.235 e. The van der Waals surface area contributed by atoms with Crippen LogP contribution < -0.4 is 0 Å². The van der Waals surface area contributed by atoms with E-state index in [1.54, 1.807) is 0 Å². The Labute approximate surface area is 214 Å². The van der Waals surface area contributed by atoms with E-state index in [0.29, 0.717) is 12.8 Å². The molecule has 5 fully saturated rings. The second kappa shape index (κ2) is 11.7. The molecule has 0 aromatic rings. The van der Waals surface area contributed by atoms with Crippen LogP contribution in [0.3, 0.4) is 0 Å². The standard InChI is InChI=1S/C28H42N2O6/c31-25-15-19(17-35-21-9-3-1-4-10-21)27(33)29(25)23-13-7-8-14-24(23)30-26(32)16-20(28(30)34)18-36-22-11-5-2-6-12-22/h19-24H,1-18H2. The summed E-state index contributed by atoms with van der Waals surface area (Å²) in [5.74, 6) is -1.67. The van der Waals surface area contributed by atoms with E-state index in [9.17, 15) is 19.2 Å². The van der Waals surface area contributed by atoms with Gasteiger partial charge in [-0.1, -0.05) is 51.4 Å². The Morgan fingerprint density at radius 1 is 0.528 bits per heavy atom. The number of rotatable bonds is 8. The topological polar surface area (TPSA) is 93.2 Å². The predicted molar refractivity (Wildman–Crippen MR) is 132 cm³/mol. The van der Waals surface area contributed by atoms with E-state index in [0.717, 1.165) is 64.2 Å². The largest absolute Gasteiger partial charge is 0.377 e. The summed E-state index contributed by atoms with van der Waals surface area (Å²) < 4.78 is 12.1. The third-order valence-corrected chi connectivity index (χ3v) is 9.08. The van der Waals surface area contributed by atoms with Crippen molar-refractivity contribution >= 4 is 23.6 Å². The number of likely N-dealkylation sites (tertiary alicyclic amines) is 2. The van der Waals surface area contributed by atoms with Crippen molar-refractivity contribution in [2.24, 2.45) is 11.8 Å². The van der Waals surface area contributed by atoms with Crippen LogP contribution >= 0.6 is 0 Å². The van der Waals surface area contributed by atoms with Gasteiger partial charge in [0.25, 0.3) is 0 Å². The fourth-order valence-corrected chi connectivity index (χ4v) is 7.05. The first kappa shape index (κ1) is 25.8. The second-order valence-electron chi connectivity index (χ2n) is 11.6. The van der Waals surface area contributed by atoms with Crippen molar-refractivity contribution in [3.05, 3.63) is 0 Å². The molecule has 2 heterocycles.